The molecule has 1 N–H and O–H groups in total. The fraction of sp³-hybridized carbons (Fsp3) is 0.143. The van der Waals surface area contributed by atoms with E-state index in [2.05, 4.69) is 0 Å². The van der Waals surface area contributed by atoms with Gasteiger partial charge in [-0.1, -0.05) is 17.7 Å². The first kappa shape index (κ1) is 11.8. The number of rotatable bonds is 2. The number of ether oxygens (including phenoxy) is 1. The molecule has 0 heterocycles. The maximum atomic E-state index is 9.60. The second-order valence-electron chi connectivity index (χ2n) is 3.88. The van der Waals surface area contributed by atoms with E-state index in [9.17, 15) is 5.11 Å². The van der Waals surface area contributed by atoms with Crippen LogP contribution in [0.2, 0.25) is 5.02 Å². The van der Waals surface area contributed by atoms with Crippen LogP contribution < -0.4 is 4.74 Å². The van der Waals surface area contributed by atoms with Crippen molar-refractivity contribution in [2.75, 3.05) is 7.11 Å². The Balaban J connectivity index is 2.52. The van der Waals surface area contributed by atoms with Crippen LogP contribution in [-0.4, -0.2) is 12.2 Å². The van der Waals surface area contributed by atoms with Crippen LogP contribution in [0.1, 0.15) is 5.56 Å². The van der Waals surface area contributed by atoms with Gasteiger partial charge in [0.15, 0.2) is 0 Å². The number of benzene rings is 2. The molecule has 2 nitrogen and oxygen atoms in total. The zero-order valence-corrected chi connectivity index (χ0v) is 10.5. The molecule has 0 radical (unpaired) electrons. The van der Waals surface area contributed by atoms with Crippen molar-refractivity contribution in [1.29, 1.82) is 0 Å². The molecule has 0 saturated carbocycles. The number of hydrogen-bond donors (Lipinski definition) is 1. The molecule has 0 aliphatic heterocycles. The van der Waals surface area contributed by atoms with Gasteiger partial charge in [0, 0.05) is 11.1 Å². The molecule has 3 heteroatoms. The Hall–Kier alpha value is -1.67. The monoisotopic (exact) mass is 248 g/mol. The predicted molar refractivity (Wildman–Crippen MR) is 69.8 cm³/mol. The van der Waals surface area contributed by atoms with Crippen molar-refractivity contribution >= 4 is 11.6 Å². The predicted octanol–water partition coefficient (Wildman–Crippen LogP) is 4.03. The lowest BCUT2D eigenvalue weighted by molar-refractivity contribution is 0.408. The number of methoxy groups -OCH3 is 1. The Labute approximate surface area is 105 Å². The van der Waals surface area contributed by atoms with E-state index in [-0.39, 0.29) is 5.75 Å². The minimum atomic E-state index is 0.187. The maximum absolute atomic E-state index is 9.60. The topological polar surface area (TPSA) is 29.5 Å². The van der Waals surface area contributed by atoms with Crippen LogP contribution in [0.15, 0.2) is 36.4 Å². The summed E-state index contributed by atoms with van der Waals surface area (Å²) in [4.78, 5) is 0. The van der Waals surface area contributed by atoms with Gasteiger partial charge in [-0.05, 0) is 47.9 Å². The number of phenolic OH excluding ortho intramolecular Hbond substituents is 1. The first-order valence-electron chi connectivity index (χ1n) is 5.25. The fourth-order valence-electron chi connectivity index (χ4n) is 1.69. The van der Waals surface area contributed by atoms with Crippen molar-refractivity contribution in [2.24, 2.45) is 0 Å². The Morgan fingerprint density at radius 3 is 2.47 bits per heavy atom. The molecule has 0 atom stereocenters. The quantitative estimate of drug-likeness (QED) is 0.870. The van der Waals surface area contributed by atoms with Crippen LogP contribution in [0, 0.1) is 6.92 Å². The number of hydrogen-bond acceptors (Lipinski definition) is 2. The SMILES string of the molecule is COc1cc(O)cc(-c2ccc(Cl)c(C)c2)c1. The Kier molecular flexibility index (Phi) is 3.25. The largest absolute Gasteiger partial charge is 0.508 e. The maximum Gasteiger partial charge on any atom is 0.123 e. The number of phenols is 1. The van der Waals surface area contributed by atoms with E-state index in [0.717, 1.165) is 21.7 Å². The molecule has 88 valence electrons. The van der Waals surface area contributed by atoms with Gasteiger partial charge in [0.2, 0.25) is 0 Å². The molecule has 17 heavy (non-hydrogen) atoms. The van der Waals surface area contributed by atoms with E-state index in [1.807, 2.05) is 31.2 Å². The Morgan fingerprint density at radius 1 is 1.06 bits per heavy atom. The van der Waals surface area contributed by atoms with Gasteiger partial charge < -0.3 is 9.84 Å². The van der Waals surface area contributed by atoms with E-state index in [0.29, 0.717) is 5.75 Å². The van der Waals surface area contributed by atoms with Crippen LogP contribution in [0.25, 0.3) is 11.1 Å². The number of halogens is 1. The van der Waals surface area contributed by atoms with Gasteiger partial charge in [-0.3, -0.25) is 0 Å². The molecule has 0 aliphatic carbocycles. The summed E-state index contributed by atoms with van der Waals surface area (Å²) in [7, 11) is 1.58. The average Bonchev–Trinajstić information content (AvgIpc) is 2.32. The van der Waals surface area contributed by atoms with E-state index in [1.54, 1.807) is 19.2 Å². The highest BCUT2D eigenvalue weighted by atomic mass is 35.5. The summed E-state index contributed by atoms with van der Waals surface area (Å²) in [5.74, 6) is 0.819. The van der Waals surface area contributed by atoms with Crippen molar-refractivity contribution < 1.29 is 9.84 Å². The van der Waals surface area contributed by atoms with Crippen LogP contribution in [0.5, 0.6) is 11.5 Å². The standard InChI is InChI=1S/C14H13ClO2/c1-9-5-10(3-4-14(9)15)11-6-12(16)8-13(7-11)17-2/h3-8,16H,1-2H3. The summed E-state index contributed by atoms with van der Waals surface area (Å²) in [5, 5.41) is 10.3. The summed E-state index contributed by atoms with van der Waals surface area (Å²) < 4.78 is 5.13. The third kappa shape index (κ3) is 2.53. The lowest BCUT2D eigenvalue weighted by atomic mass is 10.0. The second kappa shape index (κ2) is 4.68. The molecule has 0 spiro atoms. The van der Waals surface area contributed by atoms with Crippen molar-refractivity contribution in [1.82, 2.24) is 0 Å². The molecule has 2 aromatic carbocycles. The lowest BCUT2D eigenvalue weighted by Gasteiger charge is -2.07. The van der Waals surface area contributed by atoms with Crippen molar-refractivity contribution in [3.8, 4) is 22.6 Å². The smallest absolute Gasteiger partial charge is 0.123 e. The van der Waals surface area contributed by atoms with Gasteiger partial charge in [-0.25, -0.2) is 0 Å². The molecule has 0 unspecified atom stereocenters. The van der Waals surface area contributed by atoms with Crippen molar-refractivity contribution in [2.45, 2.75) is 6.92 Å². The number of aromatic hydroxyl groups is 1. The average molecular weight is 249 g/mol. The zero-order valence-electron chi connectivity index (χ0n) is 9.70. The van der Waals surface area contributed by atoms with Gasteiger partial charge in [0.1, 0.15) is 11.5 Å². The lowest BCUT2D eigenvalue weighted by Crippen LogP contribution is -1.85. The summed E-state index contributed by atoms with van der Waals surface area (Å²) >= 11 is 5.98. The minimum absolute atomic E-state index is 0.187. The minimum Gasteiger partial charge on any atom is -0.508 e. The van der Waals surface area contributed by atoms with Crippen LogP contribution in [0.4, 0.5) is 0 Å². The van der Waals surface area contributed by atoms with Gasteiger partial charge in [0.05, 0.1) is 7.11 Å². The third-order valence-electron chi connectivity index (χ3n) is 2.62. The van der Waals surface area contributed by atoms with Gasteiger partial charge >= 0.3 is 0 Å². The Bertz CT molecular complexity index is 550. The summed E-state index contributed by atoms with van der Waals surface area (Å²) in [6, 6.07) is 10.9. The molecular formula is C14H13ClO2. The summed E-state index contributed by atoms with van der Waals surface area (Å²) in [5.41, 5.74) is 2.91. The van der Waals surface area contributed by atoms with E-state index in [1.165, 1.54) is 0 Å². The highest BCUT2D eigenvalue weighted by Crippen LogP contribution is 2.30. The summed E-state index contributed by atoms with van der Waals surface area (Å²) in [6.45, 7) is 1.95. The second-order valence-corrected chi connectivity index (χ2v) is 4.29. The number of aryl methyl sites for hydroxylation is 1. The molecule has 0 fully saturated rings. The Morgan fingerprint density at radius 2 is 1.82 bits per heavy atom. The molecule has 0 amide bonds. The third-order valence-corrected chi connectivity index (χ3v) is 3.04. The first-order valence-corrected chi connectivity index (χ1v) is 5.62. The first-order chi connectivity index (χ1) is 8.10. The summed E-state index contributed by atoms with van der Waals surface area (Å²) in [6.07, 6.45) is 0. The van der Waals surface area contributed by atoms with E-state index >= 15 is 0 Å². The molecule has 2 aromatic rings. The van der Waals surface area contributed by atoms with Gasteiger partial charge in [0.25, 0.3) is 0 Å². The molecule has 0 aliphatic rings. The van der Waals surface area contributed by atoms with Crippen molar-refractivity contribution in [3.63, 3.8) is 0 Å². The van der Waals surface area contributed by atoms with E-state index in [4.69, 9.17) is 16.3 Å². The van der Waals surface area contributed by atoms with Crippen molar-refractivity contribution in [3.05, 3.63) is 47.0 Å². The molecule has 0 bridgehead atoms. The molecule has 2 rings (SSSR count). The van der Waals surface area contributed by atoms with Gasteiger partial charge in [-0.15, -0.1) is 0 Å². The molecule has 0 saturated heterocycles. The normalized spacial score (nSPS) is 10.3. The molecule has 0 aromatic heterocycles. The van der Waals surface area contributed by atoms with Gasteiger partial charge in [-0.2, -0.15) is 0 Å². The van der Waals surface area contributed by atoms with Crippen LogP contribution in [-0.2, 0) is 0 Å². The highest BCUT2D eigenvalue weighted by molar-refractivity contribution is 6.31. The zero-order chi connectivity index (χ0) is 12.4. The fourth-order valence-corrected chi connectivity index (χ4v) is 1.81. The highest BCUT2D eigenvalue weighted by Gasteiger charge is 2.04. The molecular weight excluding hydrogens is 236 g/mol. The van der Waals surface area contributed by atoms with Crippen LogP contribution in [0.3, 0.4) is 0 Å². The van der Waals surface area contributed by atoms with Crippen LogP contribution >= 0.6 is 11.6 Å². The van der Waals surface area contributed by atoms with E-state index < -0.39 is 0 Å².